The summed E-state index contributed by atoms with van der Waals surface area (Å²) in [5.74, 6) is -0.276. The van der Waals surface area contributed by atoms with Gasteiger partial charge in [-0.3, -0.25) is 9.69 Å². The van der Waals surface area contributed by atoms with Crippen molar-refractivity contribution in [2.24, 2.45) is 5.92 Å². The minimum Gasteiger partial charge on any atom is -0.497 e. The molecule has 1 aromatic heterocycles. The van der Waals surface area contributed by atoms with Crippen LogP contribution in [-0.2, 0) is 6.54 Å². The van der Waals surface area contributed by atoms with Crippen LogP contribution >= 0.6 is 0 Å². The number of aromatic carboxylic acids is 1. The first-order chi connectivity index (χ1) is 18.7. The highest BCUT2D eigenvalue weighted by atomic mass is 16.5. The highest BCUT2D eigenvalue weighted by Crippen LogP contribution is 2.31. The molecule has 3 atom stereocenters. The number of likely N-dealkylation sites (N-methyl/N-ethyl adjacent to an activating group) is 1. The lowest BCUT2D eigenvalue weighted by Gasteiger charge is -2.37. The lowest BCUT2D eigenvalue weighted by Crippen LogP contribution is -2.49. The maximum atomic E-state index is 13.7. The summed E-state index contributed by atoms with van der Waals surface area (Å²) < 4.78 is 11.8. The molecule has 4 rings (SSSR count). The molecule has 1 aliphatic heterocycles. The molecule has 2 heterocycles. The van der Waals surface area contributed by atoms with Gasteiger partial charge in [-0.05, 0) is 55.4 Å². The standard InChI is InChI=1S/C30H35N3O6/c1-19-15-33(20(2)18-34)29(35)26-13-24(23-6-5-7-25(12-23)38-4)14-31-28(26)39-27(19)17-32(3)16-21-8-10-22(11-9-21)30(36)37/h5-14,19-20,27,34H,15-18H2,1-4H3,(H,36,37)/t19-,20+,27-/m0/s1. The van der Waals surface area contributed by atoms with Crippen molar-refractivity contribution in [3.63, 3.8) is 0 Å². The van der Waals surface area contributed by atoms with Crippen LogP contribution in [0.4, 0.5) is 0 Å². The predicted molar refractivity (Wildman–Crippen MR) is 147 cm³/mol. The Morgan fingerprint density at radius 2 is 1.95 bits per heavy atom. The predicted octanol–water partition coefficient (Wildman–Crippen LogP) is 3.81. The molecule has 9 nitrogen and oxygen atoms in total. The minimum atomic E-state index is -0.955. The second-order valence-electron chi connectivity index (χ2n) is 10.1. The van der Waals surface area contributed by atoms with Crippen molar-refractivity contribution in [1.82, 2.24) is 14.8 Å². The molecule has 0 saturated carbocycles. The van der Waals surface area contributed by atoms with Gasteiger partial charge >= 0.3 is 5.97 Å². The van der Waals surface area contributed by atoms with Gasteiger partial charge in [0.2, 0.25) is 5.88 Å². The van der Waals surface area contributed by atoms with Crippen molar-refractivity contribution >= 4 is 11.9 Å². The van der Waals surface area contributed by atoms with Crippen molar-refractivity contribution in [2.45, 2.75) is 32.5 Å². The Bertz CT molecular complexity index is 1310. The SMILES string of the molecule is COc1cccc(-c2cnc3c(c2)C(=O)N([C@H](C)CO)C[C@H](C)[C@H](CN(C)Cc2ccc(C(=O)O)cc2)O3)c1. The Labute approximate surface area is 228 Å². The molecule has 2 aromatic carbocycles. The van der Waals surface area contributed by atoms with Crippen LogP contribution in [0, 0.1) is 5.92 Å². The van der Waals surface area contributed by atoms with E-state index in [4.69, 9.17) is 14.6 Å². The molecular formula is C30H35N3O6. The van der Waals surface area contributed by atoms with Crippen molar-refractivity contribution < 1.29 is 29.3 Å². The lowest BCUT2D eigenvalue weighted by molar-refractivity contribution is 0.0325. The number of benzene rings is 2. The Morgan fingerprint density at radius 1 is 1.21 bits per heavy atom. The number of pyridine rings is 1. The van der Waals surface area contributed by atoms with Gasteiger partial charge in [-0.15, -0.1) is 0 Å². The summed E-state index contributed by atoms with van der Waals surface area (Å²) in [6.07, 6.45) is 1.40. The minimum absolute atomic E-state index is 0.0483. The second-order valence-corrected chi connectivity index (χ2v) is 10.1. The van der Waals surface area contributed by atoms with E-state index in [0.717, 1.165) is 16.7 Å². The van der Waals surface area contributed by atoms with Gasteiger partial charge in [-0.2, -0.15) is 0 Å². The number of ether oxygens (including phenoxy) is 2. The lowest BCUT2D eigenvalue weighted by atomic mass is 9.99. The molecule has 0 aliphatic carbocycles. The number of carbonyl (C=O) groups excluding carboxylic acids is 1. The first-order valence-corrected chi connectivity index (χ1v) is 12.9. The van der Waals surface area contributed by atoms with E-state index in [-0.39, 0.29) is 42.0 Å². The Hall–Kier alpha value is -3.95. The highest BCUT2D eigenvalue weighted by Gasteiger charge is 2.34. The fourth-order valence-electron chi connectivity index (χ4n) is 4.72. The number of aliphatic hydroxyl groups is 1. The van der Waals surface area contributed by atoms with Gasteiger partial charge in [0.1, 0.15) is 17.4 Å². The number of carboxylic acids is 1. The molecule has 0 unspecified atom stereocenters. The number of carboxylic acid groups (broad SMARTS) is 1. The molecule has 206 valence electrons. The van der Waals surface area contributed by atoms with E-state index in [2.05, 4.69) is 9.88 Å². The van der Waals surface area contributed by atoms with Gasteiger partial charge < -0.3 is 24.6 Å². The Balaban J connectivity index is 1.62. The number of nitrogens with zero attached hydrogens (tertiary/aromatic N) is 3. The molecule has 2 N–H and O–H groups in total. The van der Waals surface area contributed by atoms with Crippen LogP contribution in [0.5, 0.6) is 11.6 Å². The van der Waals surface area contributed by atoms with E-state index in [1.807, 2.05) is 57.3 Å². The van der Waals surface area contributed by atoms with Gasteiger partial charge in [-0.1, -0.05) is 31.2 Å². The summed E-state index contributed by atoms with van der Waals surface area (Å²) in [4.78, 5) is 33.2. The topological polar surface area (TPSA) is 112 Å². The average molecular weight is 534 g/mol. The fraction of sp³-hybridized carbons (Fsp3) is 0.367. The molecule has 0 bridgehead atoms. The number of methoxy groups -OCH3 is 1. The quantitative estimate of drug-likeness (QED) is 0.427. The molecule has 9 heteroatoms. The van der Waals surface area contributed by atoms with E-state index in [1.165, 1.54) is 0 Å². The van der Waals surface area contributed by atoms with Gasteiger partial charge in [0.15, 0.2) is 0 Å². The molecular weight excluding hydrogens is 498 g/mol. The molecule has 1 amide bonds. The number of hydrogen-bond acceptors (Lipinski definition) is 7. The van der Waals surface area contributed by atoms with Crippen molar-refractivity contribution in [1.29, 1.82) is 0 Å². The first-order valence-electron chi connectivity index (χ1n) is 12.9. The van der Waals surface area contributed by atoms with Crippen molar-refractivity contribution in [3.8, 4) is 22.8 Å². The van der Waals surface area contributed by atoms with E-state index in [0.29, 0.717) is 30.9 Å². The van der Waals surface area contributed by atoms with Gasteiger partial charge in [0.25, 0.3) is 5.91 Å². The van der Waals surface area contributed by atoms with Crippen LogP contribution in [0.15, 0.2) is 60.8 Å². The normalized spacial score (nSPS) is 18.1. The van der Waals surface area contributed by atoms with Crippen molar-refractivity contribution in [3.05, 3.63) is 77.5 Å². The molecule has 0 saturated heterocycles. The smallest absolute Gasteiger partial charge is 0.335 e. The number of rotatable bonds is 9. The van der Waals surface area contributed by atoms with E-state index < -0.39 is 5.97 Å². The van der Waals surface area contributed by atoms with Crippen LogP contribution in [0.3, 0.4) is 0 Å². The fourth-order valence-corrected chi connectivity index (χ4v) is 4.72. The van der Waals surface area contributed by atoms with Crippen LogP contribution in [0.1, 0.15) is 40.1 Å². The van der Waals surface area contributed by atoms with Crippen molar-refractivity contribution in [2.75, 3.05) is 33.9 Å². The number of aliphatic hydroxyl groups excluding tert-OH is 1. The zero-order valence-electron chi connectivity index (χ0n) is 22.7. The van der Waals surface area contributed by atoms with E-state index in [1.54, 1.807) is 36.4 Å². The number of aromatic nitrogens is 1. The molecule has 0 fully saturated rings. The Morgan fingerprint density at radius 3 is 2.62 bits per heavy atom. The largest absolute Gasteiger partial charge is 0.497 e. The Kier molecular flexibility index (Phi) is 8.83. The van der Waals surface area contributed by atoms with Gasteiger partial charge in [0.05, 0.1) is 25.3 Å². The third kappa shape index (κ3) is 6.55. The number of fused-ring (bicyclic) bond motifs is 1. The third-order valence-electron chi connectivity index (χ3n) is 7.07. The second kappa shape index (κ2) is 12.3. The van der Waals surface area contributed by atoms with Crippen LogP contribution in [0.25, 0.3) is 11.1 Å². The van der Waals surface area contributed by atoms with Crippen LogP contribution < -0.4 is 9.47 Å². The maximum Gasteiger partial charge on any atom is 0.335 e. The summed E-state index contributed by atoms with van der Waals surface area (Å²) in [5.41, 5.74) is 3.19. The molecule has 1 aliphatic rings. The summed E-state index contributed by atoms with van der Waals surface area (Å²) in [6.45, 7) is 5.26. The summed E-state index contributed by atoms with van der Waals surface area (Å²) >= 11 is 0. The zero-order valence-corrected chi connectivity index (χ0v) is 22.7. The molecule has 0 radical (unpaired) electrons. The summed E-state index contributed by atoms with van der Waals surface area (Å²) in [6, 6.07) is 15.8. The highest BCUT2D eigenvalue weighted by molar-refractivity contribution is 5.98. The molecule has 39 heavy (non-hydrogen) atoms. The number of hydrogen-bond donors (Lipinski definition) is 2. The summed E-state index contributed by atoms with van der Waals surface area (Å²) in [5, 5.41) is 19.1. The first kappa shape index (κ1) is 28.1. The maximum absolute atomic E-state index is 13.7. The van der Waals surface area contributed by atoms with Gasteiger partial charge in [-0.25, -0.2) is 9.78 Å². The number of carbonyl (C=O) groups is 2. The summed E-state index contributed by atoms with van der Waals surface area (Å²) in [7, 11) is 3.58. The number of amides is 1. The average Bonchev–Trinajstić information content (AvgIpc) is 2.94. The van der Waals surface area contributed by atoms with Crippen LogP contribution in [0.2, 0.25) is 0 Å². The monoisotopic (exact) mass is 533 g/mol. The van der Waals surface area contributed by atoms with Gasteiger partial charge in [0, 0.05) is 37.3 Å². The van der Waals surface area contributed by atoms with E-state index in [9.17, 15) is 14.7 Å². The van der Waals surface area contributed by atoms with E-state index >= 15 is 0 Å². The molecule has 0 spiro atoms. The van der Waals surface area contributed by atoms with Crippen LogP contribution in [-0.4, -0.2) is 82.9 Å². The molecule has 3 aromatic rings. The zero-order chi connectivity index (χ0) is 28.1. The third-order valence-corrected chi connectivity index (χ3v) is 7.07.